The average Bonchev–Trinajstić information content (AvgIpc) is 3.17. The third-order valence-electron chi connectivity index (χ3n) is 3.49. The van der Waals surface area contributed by atoms with Crippen molar-refractivity contribution in [1.82, 2.24) is 10.2 Å². The second-order valence-corrected chi connectivity index (χ2v) is 6.07. The van der Waals surface area contributed by atoms with Crippen molar-refractivity contribution < 1.29 is 19.8 Å². The van der Waals surface area contributed by atoms with Gasteiger partial charge in [-0.25, -0.2) is 0 Å². The number of likely N-dealkylation sites (tertiary alicyclic amines) is 1. The van der Waals surface area contributed by atoms with Crippen LogP contribution in [0.25, 0.3) is 0 Å². The van der Waals surface area contributed by atoms with Crippen LogP contribution in [0.3, 0.4) is 0 Å². The summed E-state index contributed by atoms with van der Waals surface area (Å²) in [6, 6.07) is 3.88. The van der Waals surface area contributed by atoms with Crippen LogP contribution in [0.4, 0.5) is 0 Å². The summed E-state index contributed by atoms with van der Waals surface area (Å²) in [5.41, 5.74) is 0. The highest BCUT2D eigenvalue weighted by Crippen LogP contribution is 2.11. The van der Waals surface area contributed by atoms with Gasteiger partial charge in [0.2, 0.25) is 0 Å². The summed E-state index contributed by atoms with van der Waals surface area (Å²) in [4.78, 5) is 26.2. The average molecular weight is 312 g/mol. The maximum absolute atomic E-state index is 11.9. The smallest absolute Gasteiger partial charge is 0.254 e. The molecule has 0 radical (unpaired) electrons. The minimum absolute atomic E-state index is 0.362. The van der Waals surface area contributed by atoms with E-state index < -0.39 is 24.0 Å². The molecular formula is C14H20N2O4S. The number of nitrogens with zero attached hydrogens (tertiary/aromatic N) is 1. The number of rotatable bonds is 6. The Labute approximate surface area is 127 Å². The molecule has 1 aromatic heterocycles. The first-order chi connectivity index (χ1) is 10.1. The summed E-state index contributed by atoms with van der Waals surface area (Å²) in [5.74, 6) is -1.29. The maximum atomic E-state index is 11.9. The van der Waals surface area contributed by atoms with E-state index in [1.807, 2.05) is 17.5 Å². The summed E-state index contributed by atoms with van der Waals surface area (Å²) in [6.07, 6.45) is -0.971. The molecule has 2 heterocycles. The molecule has 2 amide bonds. The van der Waals surface area contributed by atoms with E-state index in [0.717, 1.165) is 17.7 Å². The molecule has 2 rings (SSSR count). The number of nitrogens with one attached hydrogen (secondary N) is 1. The van der Waals surface area contributed by atoms with Gasteiger partial charge in [0, 0.05) is 24.5 Å². The van der Waals surface area contributed by atoms with Crippen molar-refractivity contribution in [1.29, 1.82) is 0 Å². The molecule has 1 fully saturated rings. The molecule has 1 aliphatic heterocycles. The minimum atomic E-state index is -1.72. The van der Waals surface area contributed by atoms with Crippen LogP contribution in [-0.2, 0) is 16.0 Å². The van der Waals surface area contributed by atoms with Gasteiger partial charge in [0.05, 0.1) is 0 Å². The molecule has 6 nitrogen and oxygen atoms in total. The summed E-state index contributed by atoms with van der Waals surface area (Å²) in [5, 5.41) is 24.1. The van der Waals surface area contributed by atoms with Gasteiger partial charge in [-0.1, -0.05) is 6.07 Å². The topological polar surface area (TPSA) is 89.9 Å². The zero-order chi connectivity index (χ0) is 15.2. The first kappa shape index (κ1) is 15.9. The SMILES string of the molecule is O=C(NCCc1cccs1)C(O)C(O)C(=O)N1CCCC1. The quantitative estimate of drug-likeness (QED) is 0.676. The molecule has 1 aliphatic rings. The lowest BCUT2D eigenvalue weighted by Crippen LogP contribution is -2.50. The maximum Gasteiger partial charge on any atom is 0.254 e. The zero-order valence-corrected chi connectivity index (χ0v) is 12.5. The highest BCUT2D eigenvalue weighted by molar-refractivity contribution is 7.09. The summed E-state index contributed by atoms with van der Waals surface area (Å²) in [7, 11) is 0. The van der Waals surface area contributed by atoms with Gasteiger partial charge in [0.25, 0.3) is 11.8 Å². The van der Waals surface area contributed by atoms with E-state index in [-0.39, 0.29) is 0 Å². The summed E-state index contributed by atoms with van der Waals surface area (Å²) >= 11 is 1.59. The molecule has 2 atom stereocenters. The molecule has 0 bridgehead atoms. The third kappa shape index (κ3) is 4.26. The second-order valence-electron chi connectivity index (χ2n) is 5.04. The number of hydrogen-bond donors (Lipinski definition) is 3. The Morgan fingerprint density at radius 2 is 2.00 bits per heavy atom. The Hall–Kier alpha value is -1.44. The number of thiophene rings is 1. The lowest BCUT2D eigenvalue weighted by Gasteiger charge is -2.22. The fraction of sp³-hybridized carbons (Fsp3) is 0.571. The van der Waals surface area contributed by atoms with Gasteiger partial charge in [-0.3, -0.25) is 9.59 Å². The molecule has 0 spiro atoms. The molecular weight excluding hydrogens is 292 g/mol. The van der Waals surface area contributed by atoms with Crippen molar-refractivity contribution in [2.75, 3.05) is 19.6 Å². The Kier molecular flexibility index (Phi) is 5.72. The van der Waals surface area contributed by atoms with Crippen LogP contribution in [0.1, 0.15) is 17.7 Å². The van der Waals surface area contributed by atoms with Crippen LogP contribution in [0.5, 0.6) is 0 Å². The highest BCUT2D eigenvalue weighted by Gasteiger charge is 2.34. The standard InChI is InChI=1S/C14H20N2O4S/c17-11(12(18)14(20)16-7-1-2-8-16)13(19)15-6-5-10-4-3-9-21-10/h3-4,9,11-12,17-18H,1-2,5-8H2,(H,15,19). The van der Waals surface area contributed by atoms with Gasteiger partial charge in [-0.15, -0.1) is 11.3 Å². The number of hydrogen-bond acceptors (Lipinski definition) is 5. The molecule has 21 heavy (non-hydrogen) atoms. The molecule has 3 N–H and O–H groups in total. The Bertz CT molecular complexity index is 471. The lowest BCUT2D eigenvalue weighted by molar-refractivity contribution is -0.152. The van der Waals surface area contributed by atoms with Gasteiger partial charge in [0.1, 0.15) is 0 Å². The van der Waals surface area contributed by atoms with E-state index in [1.54, 1.807) is 11.3 Å². The first-order valence-electron chi connectivity index (χ1n) is 7.04. The van der Waals surface area contributed by atoms with Gasteiger partial charge < -0.3 is 20.4 Å². The number of carbonyl (C=O) groups excluding carboxylic acids is 2. The minimum Gasteiger partial charge on any atom is -0.380 e. The normalized spacial score (nSPS) is 17.5. The van der Waals surface area contributed by atoms with Gasteiger partial charge in [-0.05, 0) is 30.7 Å². The molecule has 116 valence electrons. The van der Waals surface area contributed by atoms with Crippen molar-refractivity contribution >= 4 is 23.2 Å². The first-order valence-corrected chi connectivity index (χ1v) is 7.92. The van der Waals surface area contributed by atoms with Crippen LogP contribution in [0.15, 0.2) is 17.5 Å². The Morgan fingerprint density at radius 3 is 2.62 bits per heavy atom. The largest absolute Gasteiger partial charge is 0.380 e. The monoisotopic (exact) mass is 312 g/mol. The van der Waals surface area contributed by atoms with E-state index in [2.05, 4.69) is 5.32 Å². The molecule has 0 aliphatic carbocycles. The fourth-order valence-corrected chi connectivity index (χ4v) is 2.98. The predicted molar refractivity (Wildman–Crippen MR) is 78.9 cm³/mol. The van der Waals surface area contributed by atoms with Crippen molar-refractivity contribution in [2.24, 2.45) is 0 Å². The summed E-state index contributed by atoms with van der Waals surface area (Å²) < 4.78 is 0. The van der Waals surface area contributed by atoms with Crippen molar-refractivity contribution in [3.05, 3.63) is 22.4 Å². The van der Waals surface area contributed by atoms with E-state index in [4.69, 9.17) is 0 Å². The van der Waals surface area contributed by atoms with E-state index in [1.165, 1.54) is 4.90 Å². The van der Waals surface area contributed by atoms with Crippen LogP contribution in [0, 0.1) is 0 Å². The van der Waals surface area contributed by atoms with Gasteiger partial charge in [0.15, 0.2) is 12.2 Å². The van der Waals surface area contributed by atoms with E-state index >= 15 is 0 Å². The molecule has 0 aromatic carbocycles. The zero-order valence-electron chi connectivity index (χ0n) is 11.7. The van der Waals surface area contributed by atoms with Crippen molar-refractivity contribution in [3.63, 3.8) is 0 Å². The molecule has 7 heteroatoms. The molecule has 2 unspecified atom stereocenters. The van der Waals surface area contributed by atoms with Gasteiger partial charge >= 0.3 is 0 Å². The van der Waals surface area contributed by atoms with Crippen LogP contribution in [-0.4, -0.2) is 58.8 Å². The molecule has 1 aromatic rings. The molecule has 1 saturated heterocycles. The highest BCUT2D eigenvalue weighted by atomic mass is 32.1. The second kappa shape index (κ2) is 7.53. The third-order valence-corrected chi connectivity index (χ3v) is 4.43. The van der Waals surface area contributed by atoms with Gasteiger partial charge in [-0.2, -0.15) is 0 Å². The predicted octanol–water partition coefficient (Wildman–Crippen LogP) is -0.249. The van der Waals surface area contributed by atoms with Crippen molar-refractivity contribution in [2.45, 2.75) is 31.5 Å². The Morgan fingerprint density at radius 1 is 1.29 bits per heavy atom. The van der Waals surface area contributed by atoms with Crippen LogP contribution in [0.2, 0.25) is 0 Å². The lowest BCUT2D eigenvalue weighted by atomic mass is 10.1. The molecule has 0 saturated carbocycles. The fourth-order valence-electron chi connectivity index (χ4n) is 2.27. The van der Waals surface area contributed by atoms with E-state index in [9.17, 15) is 19.8 Å². The van der Waals surface area contributed by atoms with Crippen LogP contribution < -0.4 is 5.32 Å². The van der Waals surface area contributed by atoms with Crippen LogP contribution >= 0.6 is 11.3 Å². The summed E-state index contributed by atoms with van der Waals surface area (Å²) in [6.45, 7) is 1.51. The number of amides is 2. The number of carbonyl (C=O) groups is 2. The Balaban J connectivity index is 1.76. The number of aliphatic hydroxyl groups is 2. The van der Waals surface area contributed by atoms with Crippen molar-refractivity contribution in [3.8, 4) is 0 Å². The number of aliphatic hydroxyl groups excluding tert-OH is 2. The van der Waals surface area contributed by atoms with E-state index in [0.29, 0.717) is 26.1 Å².